The van der Waals surface area contributed by atoms with Crippen molar-refractivity contribution in [3.63, 3.8) is 0 Å². The molecule has 0 amide bonds. The molecule has 0 saturated carbocycles. The standard InChI is InChI=1S/C17H13BrP.C5H5.Fe/c18-17-15(13-7-2-1-3-8-13)11-6-12-16(17)19-14-9-4-5-10-14;1-2-4-5-3-1;/h1-12,19H;1-5H;/q-1;-5;. The monoisotopic (exact) mass is 448 g/mol. The normalized spacial score (nSPS) is 10.1. The molecule has 1 unspecified atom stereocenters. The van der Waals surface area contributed by atoms with Gasteiger partial charge in [-0.1, -0.05) is 48.5 Å². The Morgan fingerprint density at radius 3 is 1.92 bits per heavy atom. The third-order valence-corrected chi connectivity index (χ3v) is 6.11. The van der Waals surface area contributed by atoms with Crippen LogP contribution in [0, 0.1) is 0 Å². The van der Waals surface area contributed by atoms with E-state index in [9.17, 15) is 0 Å². The molecule has 3 heteroatoms. The minimum atomic E-state index is 0. The Labute approximate surface area is 170 Å². The molecule has 0 N–H and O–H groups in total. The molecular weight excluding hydrogens is 431 g/mol. The fraction of sp³-hybridized carbons (Fsp3) is 0. The van der Waals surface area contributed by atoms with Crippen LogP contribution in [0.4, 0.5) is 0 Å². The minimum absolute atomic E-state index is 0. The van der Waals surface area contributed by atoms with Gasteiger partial charge in [0.1, 0.15) is 0 Å². The summed E-state index contributed by atoms with van der Waals surface area (Å²) in [5.74, 6) is 0. The van der Waals surface area contributed by atoms with E-state index in [0.717, 1.165) is 0 Å². The first-order chi connectivity index (χ1) is 11.8. The molecule has 0 fully saturated rings. The summed E-state index contributed by atoms with van der Waals surface area (Å²) in [6.45, 7) is 0. The van der Waals surface area contributed by atoms with E-state index in [4.69, 9.17) is 0 Å². The Hall–Kier alpha value is -1.43. The molecule has 0 aliphatic rings. The molecule has 4 aromatic rings. The molecule has 0 heterocycles. The van der Waals surface area contributed by atoms with Gasteiger partial charge in [-0.25, -0.2) is 12.1 Å². The zero-order valence-electron chi connectivity index (χ0n) is 13.5. The maximum Gasteiger partial charge on any atom is 0.0321 e. The van der Waals surface area contributed by atoms with Crippen LogP contribution in [0.2, 0.25) is 0 Å². The Kier molecular flexibility index (Phi) is 8.38. The van der Waals surface area contributed by atoms with Gasteiger partial charge >= 0.3 is 0 Å². The summed E-state index contributed by atoms with van der Waals surface area (Å²) in [5, 5.41) is 2.73. The molecule has 0 saturated heterocycles. The van der Waals surface area contributed by atoms with Gasteiger partial charge in [-0.05, 0) is 32.4 Å². The van der Waals surface area contributed by atoms with E-state index in [2.05, 4.69) is 82.7 Å². The first-order valence-corrected chi connectivity index (χ1v) is 9.63. The van der Waals surface area contributed by atoms with Crippen molar-refractivity contribution in [3.8, 4) is 11.1 Å². The average molecular weight is 449 g/mol. The van der Waals surface area contributed by atoms with E-state index in [1.54, 1.807) is 0 Å². The summed E-state index contributed by atoms with van der Waals surface area (Å²) in [4.78, 5) is 0. The quantitative estimate of drug-likeness (QED) is 0.209. The largest absolute Gasteiger partial charge is 0.748 e. The third kappa shape index (κ3) is 5.80. The Morgan fingerprint density at radius 1 is 0.720 bits per heavy atom. The van der Waals surface area contributed by atoms with Crippen molar-refractivity contribution >= 4 is 35.1 Å². The maximum absolute atomic E-state index is 3.77. The summed E-state index contributed by atoms with van der Waals surface area (Å²) in [5.41, 5.74) is 2.51. The van der Waals surface area contributed by atoms with Gasteiger partial charge in [-0.15, -0.1) is 13.9 Å². The third-order valence-electron chi connectivity index (χ3n) is 3.58. The molecule has 1 atom stereocenters. The van der Waals surface area contributed by atoms with Crippen LogP contribution in [-0.4, -0.2) is 0 Å². The Morgan fingerprint density at radius 2 is 1.32 bits per heavy atom. The van der Waals surface area contributed by atoms with E-state index in [-0.39, 0.29) is 17.1 Å². The van der Waals surface area contributed by atoms with Gasteiger partial charge in [0.25, 0.3) is 0 Å². The van der Waals surface area contributed by atoms with Crippen LogP contribution in [0.25, 0.3) is 11.1 Å². The molecule has 0 radical (unpaired) electrons. The van der Waals surface area contributed by atoms with Crippen molar-refractivity contribution in [1.29, 1.82) is 0 Å². The molecule has 132 valence electrons. The summed E-state index contributed by atoms with van der Waals surface area (Å²) >= 11 is 3.77. The van der Waals surface area contributed by atoms with Gasteiger partial charge in [-0.2, -0.15) is 12.1 Å². The van der Waals surface area contributed by atoms with Crippen LogP contribution in [-0.2, 0) is 17.1 Å². The topological polar surface area (TPSA) is 0 Å². The van der Waals surface area contributed by atoms with Crippen LogP contribution in [0.1, 0.15) is 0 Å². The predicted octanol–water partition coefficient (Wildman–Crippen LogP) is 5.87. The van der Waals surface area contributed by atoms with Crippen molar-refractivity contribution in [3.05, 3.63) is 108 Å². The molecule has 0 aliphatic carbocycles. The van der Waals surface area contributed by atoms with E-state index in [0.29, 0.717) is 8.58 Å². The zero-order valence-corrected chi connectivity index (χ0v) is 17.2. The number of hydrogen-bond acceptors (Lipinski definition) is 0. The first kappa shape index (κ1) is 19.9. The zero-order chi connectivity index (χ0) is 16.6. The summed E-state index contributed by atoms with van der Waals surface area (Å²) in [7, 11) is 0.694. The molecule has 4 rings (SSSR count). The van der Waals surface area contributed by atoms with Gasteiger partial charge in [-0.3, -0.25) is 0 Å². The predicted molar refractivity (Wildman–Crippen MR) is 111 cm³/mol. The van der Waals surface area contributed by atoms with Crippen LogP contribution in [0.5, 0.6) is 0 Å². The van der Waals surface area contributed by atoms with Crippen LogP contribution < -0.4 is 10.6 Å². The van der Waals surface area contributed by atoms with Crippen LogP contribution in [0.3, 0.4) is 0 Å². The maximum atomic E-state index is 3.77. The molecular formula is C22H18BrFeP-6. The van der Waals surface area contributed by atoms with Gasteiger partial charge in [0, 0.05) is 21.5 Å². The van der Waals surface area contributed by atoms with Gasteiger partial charge < -0.3 is 30.3 Å². The van der Waals surface area contributed by atoms with Gasteiger partial charge in [0.05, 0.1) is 0 Å². The molecule has 0 aliphatic heterocycles. The van der Waals surface area contributed by atoms with Crippen molar-refractivity contribution < 1.29 is 17.1 Å². The van der Waals surface area contributed by atoms with Crippen LogP contribution in [0.15, 0.2) is 108 Å². The van der Waals surface area contributed by atoms with Gasteiger partial charge in [0.15, 0.2) is 0 Å². The SMILES string of the molecule is Brc1c(P[c-]2cccc2)cccc1-c1ccccc1.[Fe].[cH-]1[cH-][cH-][cH-][cH-]1. The van der Waals surface area contributed by atoms with Gasteiger partial charge in [0.2, 0.25) is 0 Å². The summed E-state index contributed by atoms with van der Waals surface area (Å²) in [6.07, 6.45) is 0. The Balaban J connectivity index is 0.000000325. The molecule has 0 spiro atoms. The number of rotatable bonds is 3. The van der Waals surface area contributed by atoms with E-state index < -0.39 is 0 Å². The van der Waals surface area contributed by atoms with Crippen molar-refractivity contribution in [2.75, 3.05) is 0 Å². The second-order valence-electron chi connectivity index (χ2n) is 5.29. The average Bonchev–Trinajstić information content (AvgIpc) is 3.34. The van der Waals surface area contributed by atoms with Crippen LogP contribution >= 0.6 is 24.5 Å². The first-order valence-electron chi connectivity index (χ1n) is 7.84. The second-order valence-corrected chi connectivity index (χ2v) is 7.45. The summed E-state index contributed by atoms with van der Waals surface area (Å²) < 4.78 is 1.21. The molecule has 0 aromatic heterocycles. The molecule has 25 heavy (non-hydrogen) atoms. The van der Waals surface area contributed by atoms with E-state index in [1.807, 2.05) is 36.4 Å². The summed E-state index contributed by atoms with van der Waals surface area (Å²) in [6, 6.07) is 35.5. The minimum Gasteiger partial charge on any atom is -0.748 e. The number of halogens is 1. The number of hydrogen-bond donors (Lipinski definition) is 0. The Bertz CT molecular complexity index is 820. The fourth-order valence-electron chi connectivity index (χ4n) is 2.40. The molecule has 0 nitrogen and oxygen atoms in total. The van der Waals surface area contributed by atoms with E-state index in [1.165, 1.54) is 26.2 Å². The van der Waals surface area contributed by atoms with Crippen molar-refractivity contribution in [2.24, 2.45) is 0 Å². The molecule has 0 bridgehead atoms. The second kappa shape index (κ2) is 10.5. The van der Waals surface area contributed by atoms with E-state index >= 15 is 0 Å². The van der Waals surface area contributed by atoms with Crippen molar-refractivity contribution in [1.82, 2.24) is 0 Å². The van der Waals surface area contributed by atoms with Crippen molar-refractivity contribution in [2.45, 2.75) is 0 Å². The molecule has 4 aromatic carbocycles. The fourth-order valence-corrected chi connectivity index (χ4v) is 4.29. The number of benzene rings is 2. The smallest absolute Gasteiger partial charge is 0.0321 e.